The van der Waals surface area contributed by atoms with Crippen LogP contribution in [-0.2, 0) is 6.54 Å². The predicted octanol–water partition coefficient (Wildman–Crippen LogP) is 3.75. The van der Waals surface area contributed by atoms with Crippen molar-refractivity contribution in [2.45, 2.75) is 6.54 Å². The Morgan fingerprint density at radius 2 is 1.84 bits per heavy atom. The lowest BCUT2D eigenvalue weighted by Crippen LogP contribution is -2.13. The van der Waals surface area contributed by atoms with E-state index in [-0.39, 0.29) is 4.87 Å². The Labute approximate surface area is 115 Å². The maximum absolute atomic E-state index is 12.0. The lowest BCUT2D eigenvalue weighted by Gasteiger charge is -2.04. The van der Waals surface area contributed by atoms with Gasteiger partial charge in [-0.2, -0.15) is 0 Å². The third kappa shape index (κ3) is 2.25. The van der Waals surface area contributed by atoms with Gasteiger partial charge in [-0.25, -0.2) is 0 Å². The van der Waals surface area contributed by atoms with Crippen molar-refractivity contribution in [3.63, 3.8) is 0 Å². The van der Waals surface area contributed by atoms with Crippen LogP contribution in [0.3, 0.4) is 0 Å². The molecule has 94 valence electrons. The molecule has 0 fully saturated rings. The molecule has 1 heterocycles. The van der Waals surface area contributed by atoms with E-state index >= 15 is 0 Å². The second-order valence-electron chi connectivity index (χ2n) is 4.37. The van der Waals surface area contributed by atoms with Gasteiger partial charge in [0.25, 0.3) is 0 Å². The molecule has 0 spiro atoms. The smallest absolute Gasteiger partial charge is 0.294 e. The summed E-state index contributed by atoms with van der Waals surface area (Å²) in [6, 6.07) is 16.0. The minimum Gasteiger partial charge on any atom is -0.294 e. The summed E-state index contributed by atoms with van der Waals surface area (Å²) in [6.45, 7) is 4.35. The van der Waals surface area contributed by atoms with E-state index in [4.69, 9.17) is 0 Å². The summed E-state index contributed by atoms with van der Waals surface area (Å²) in [5.74, 6) is 0. The zero-order valence-electron chi connectivity index (χ0n) is 10.4. The van der Waals surface area contributed by atoms with Crippen LogP contribution < -0.4 is 4.87 Å². The second-order valence-corrected chi connectivity index (χ2v) is 5.36. The van der Waals surface area contributed by atoms with Gasteiger partial charge in [-0.15, -0.1) is 0 Å². The van der Waals surface area contributed by atoms with Crippen LogP contribution in [0.15, 0.2) is 59.9 Å². The number of benzene rings is 2. The molecule has 0 unspecified atom stereocenters. The lowest BCUT2D eigenvalue weighted by atomic mass is 10.1. The van der Waals surface area contributed by atoms with Gasteiger partial charge in [0.15, 0.2) is 0 Å². The fourth-order valence-corrected chi connectivity index (χ4v) is 3.00. The molecule has 3 rings (SSSR count). The normalized spacial score (nSPS) is 10.7. The van der Waals surface area contributed by atoms with E-state index in [0.29, 0.717) is 6.54 Å². The number of nitrogens with zero attached hydrogens (tertiary/aromatic N) is 1. The molecular formula is C16H13NOS. The van der Waals surface area contributed by atoms with Crippen molar-refractivity contribution in [1.82, 2.24) is 4.57 Å². The Kier molecular flexibility index (Phi) is 3.05. The minimum atomic E-state index is 0.0917. The van der Waals surface area contributed by atoms with E-state index in [1.54, 1.807) is 0 Å². The van der Waals surface area contributed by atoms with E-state index in [1.165, 1.54) is 11.3 Å². The largest absolute Gasteiger partial charge is 0.308 e. The molecule has 3 aromatic rings. The molecule has 19 heavy (non-hydrogen) atoms. The molecule has 0 atom stereocenters. The number of rotatable bonds is 3. The molecule has 0 aliphatic heterocycles. The van der Waals surface area contributed by atoms with E-state index in [0.717, 1.165) is 21.3 Å². The van der Waals surface area contributed by atoms with Gasteiger partial charge in [0, 0.05) is 0 Å². The molecule has 2 nitrogen and oxygen atoms in total. The quantitative estimate of drug-likeness (QED) is 0.708. The van der Waals surface area contributed by atoms with Gasteiger partial charge in [-0.1, -0.05) is 60.4 Å². The van der Waals surface area contributed by atoms with Crippen LogP contribution in [0.5, 0.6) is 0 Å². The molecule has 0 aliphatic carbocycles. The molecular weight excluding hydrogens is 254 g/mol. The first-order valence-corrected chi connectivity index (χ1v) is 6.89. The van der Waals surface area contributed by atoms with Crippen LogP contribution in [-0.4, -0.2) is 4.57 Å². The van der Waals surface area contributed by atoms with Crippen LogP contribution in [0.2, 0.25) is 0 Å². The Morgan fingerprint density at radius 1 is 1.11 bits per heavy atom. The Morgan fingerprint density at radius 3 is 2.58 bits per heavy atom. The fraction of sp³-hybridized carbons (Fsp3) is 0.0625. The topological polar surface area (TPSA) is 22.0 Å². The summed E-state index contributed by atoms with van der Waals surface area (Å²) in [7, 11) is 0. The Bertz CT molecular complexity index is 780. The van der Waals surface area contributed by atoms with E-state index in [1.807, 2.05) is 59.2 Å². The van der Waals surface area contributed by atoms with Crippen LogP contribution >= 0.6 is 11.3 Å². The third-order valence-electron chi connectivity index (χ3n) is 3.13. The number of hydrogen-bond donors (Lipinski definition) is 0. The summed E-state index contributed by atoms with van der Waals surface area (Å²) in [4.78, 5) is 12.1. The zero-order valence-corrected chi connectivity index (χ0v) is 11.2. The van der Waals surface area contributed by atoms with Crippen molar-refractivity contribution in [3.8, 4) is 0 Å². The molecule has 0 saturated carbocycles. The van der Waals surface area contributed by atoms with Gasteiger partial charge < -0.3 is 0 Å². The monoisotopic (exact) mass is 267 g/mol. The van der Waals surface area contributed by atoms with Crippen LogP contribution in [0.4, 0.5) is 0 Å². The number of thiazole rings is 1. The lowest BCUT2D eigenvalue weighted by molar-refractivity contribution is 0.816. The Balaban J connectivity index is 2.02. The first-order valence-electron chi connectivity index (χ1n) is 6.08. The molecule has 0 radical (unpaired) electrons. The van der Waals surface area contributed by atoms with Crippen molar-refractivity contribution in [2.75, 3.05) is 0 Å². The summed E-state index contributed by atoms with van der Waals surface area (Å²) in [6.07, 6.45) is 1.82. The molecule has 0 N–H and O–H groups in total. The summed E-state index contributed by atoms with van der Waals surface area (Å²) in [5, 5.41) is 0. The SMILES string of the molecule is C=Cc1ccc(Cn2c(=O)sc3ccccc32)cc1. The number of fused-ring (bicyclic) bond motifs is 1. The van der Waals surface area contributed by atoms with Crippen LogP contribution in [0.1, 0.15) is 11.1 Å². The molecule has 3 heteroatoms. The van der Waals surface area contributed by atoms with Crippen molar-refractivity contribution < 1.29 is 0 Å². The van der Waals surface area contributed by atoms with Crippen molar-refractivity contribution in [1.29, 1.82) is 0 Å². The first-order chi connectivity index (χ1) is 9.28. The molecule has 0 aliphatic rings. The fourth-order valence-electron chi connectivity index (χ4n) is 2.11. The average Bonchev–Trinajstić information content (AvgIpc) is 2.76. The van der Waals surface area contributed by atoms with Gasteiger partial charge in [-0.3, -0.25) is 9.36 Å². The maximum Gasteiger partial charge on any atom is 0.308 e. The number of hydrogen-bond acceptors (Lipinski definition) is 2. The average molecular weight is 267 g/mol. The van der Waals surface area contributed by atoms with Crippen molar-refractivity contribution in [3.05, 3.63) is 75.9 Å². The van der Waals surface area contributed by atoms with Crippen molar-refractivity contribution >= 4 is 27.6 Å². The molecule has 1 aromatic heterocycles. The molecule has 0 saturated heterocycles. The number of aromatic nitrogens is 1. The van der Waals surface area contributed by atoms with E-state index in [9.17, 15) is 4.79 Å². The van der Waals surface area contributed by atoms with Gasteiger partial charge in [0.2, 0.25) is 0 Å². The molecule has 0 bridgehead atoms. The highest BCUT2D eigenvalue weighted by molar-refractivity contribution is 7.16. The summed E-state index contributed by atoms with van der Waals surface area (Å²) >= 11 is 1.30. The highest BCUT2D eigenvalue weighted by Gasteiger charge is 2.06. The predicted molar refractivity (Wildman–Crippen MR) is 81.7 cm³/mol. The highest BCUT2D eigenvalue weighted by atomic mass is 32.1. The zero-order chi connectivity index (χ0) is 13.2. The van der Waals surface area contributed by atoms with Gasteiger partial charge in [-0.05, 0) is 23.3 Å². The van der Waals surface area contributed by atoms with Gasteiger partial charge in [0.1, 0.15) is 0 Å². The highest BCUT2D eigenvalue weighted by Crippen LogP contribution is 2.17. The minimum absolute atomic E-state index is 0.0917. The summed E-state index contributed by atoms with van der Waals surface area (Å²) in [5.41, 5.74) is 3.22. The van der Waals surface area contributed by atoms with Gasteiger partial charge in [0.05, 0.1) is 16.8 Å². The van der Waals surface area contributed by atoms with E-state index in [2.05, 4.69) is 6.58 Å². The van der Waals surface area contributed by atoms with E-state index < -0.39 is 0 Å². The van der Waals surface area contributed by atoms with Crippen LogP contribution in [0, 0.1) is 0 Å². The van der Waals surface area contributed by atoms with Gasteiger partial charge >= 0.3 is 4.87 Å². The second kappa shape index (κ2) is 4.86. The molecule has 0 amide bonds. The molecule has 2 aromatic carbocycles. The summed E-state index contributed by atoms with van der Waals surface area (Å²) < 4.78 is 2.86. The third-order valence-corrected chi connectivity index (χ3v) is 4.09. The maximum atomic E-state index is 12.0. The Hall–Kier alpha value is -2.13. The standard InChI is InChI=1S/C16H13NOS/c1-2-12-7-9-13(10-8-12)11-17-14-5-3-4-6-15(14)19-16(17)18/h2-10H,1,11H2. The number of para-hydroxylation sites is 1. The first kappa shape index (κ1) is 11.9. The van der Waals surface area contributed by atoms with Crippen molar-refractivity contribution in [2.24, 2.45) is 0 Å². The van der Waals surface area contributed by atoms with Crippen LogP contribution in [0.25, 0.3) is 16.3 Å².